The van der Waals surface area contributed by atoms with Gasteiger partial charge >= 0.3 is 0 Å². The van der Waals surface area contributed by atoms with Crippen molar-refractivity contribution in [3.05, 3.63) is 48.2 Å². The van der Waals surface area contributed by atoms with Gasteiger partial charge in [-0.15, -0.1) is 37.2 Å². The van der Waals surface area contributed by atoms with Gasteiger partial charge in [-0.2, -0.15) is 0 Å². The van der Waals surface area contributed by atoms with Crippen molar-refractivity contribution >= 4 is 35.9 Å². The van der Waals surface area contributed by atoms with E-state index in [0.717, 1.165) is 6.04 Å². The highest BCUT2D eigenvalue weighted by Crippen LogP contribution is 2.25. The Morgan fingerprint density at radius 1 is 1.25 bits per heavy atom. The van der Waals surface area contributed by atoms with Crippen molar-refractivity contribution in [3.63, 3.8) is 0 Å². The van der Waals surface area contributed by atoms with Gasteiger partial charge in [0.05, 0.1) is 0 Å². The topological polar surface area (TPSA) is 0 Å². The molecule has 0 aliphatic carbocycles. The van der Waals surface area contributed by atoms with E-state index in [2.05, 4.69) is 61.4 Å². The lowest BCUT2D eigenvalue weighted by Crippen LogP contribution is -2.18. The minimum Gasteiger partial charge on any atom is -0.105 e. The van der Waals surface area contributed by atoms with Gasteiger partial charge in [-0.25, -0.2) is 0 Å². The summed E-state index contributed by atoms with van der Waals surface area (Å²) in [5.74, 6) is 0. The lowest BCUT2D eigenvalue weighted by molar-refractivity contribution is 1.38. The van der Waals surface area contributed by atoms with Crippen LogP contribution in [0.4, 0.5) is 0 Å². The first-order valence-electron chi connectivity index (χ1n) is 3.69. The summed E-state index contributed by atoms with van der Waals surface area (Å²) in [6.45, 7) is 3.80. The summed E-state index contributed by atoms with van der Waals surface area (Å²) >= 11 is 7.31. The second-order valence-electron chi connectivity index (χ2n) is 2.63. The monoisotopic (exact) mass is 304 g/mol. The summed E-state index contributed by atoms with van der Waals surface area (Å²) in [7, 11) is 0. The zero-order valence-electron chi connectivity index (χ0n) is 6.63. The summed E-state index contributed by atoms with van der Waals surface area (Å²) < 4.78 is 0. The summed E-state index contributed by atoms with van der Waals surface area (Å²) in [6.07, 6.45) is 0. The van der Waals surface area contributed by atoms with Crippen molar-refractivity contribution in [2.24, 2.45) is 0 Å². The van der Waals surface area contributed by atoms with Crippen LogP contribution in [0.1, 0.15) is 5.56 Å². The number of hydrogen-bond acceptors (Lipinski definition) is 0. The molecular weight excluding hydrogens is 296 g/mol. The van der Waals surface area contributed by atoms with Gasteiger partial charge in [0.25, 0.3) is 0 Å². The van der Waals surface area contributed by atoms with Crippen LogP contribution >= 0.6 is 30.6 Å². The fourth-order valence-corrected chi connectivity index (χ4v) is 3.81. The predicted molar refractivity (Wildman–Crippen MR) is 64.0 cm³/mol. The van der Waals surface area contributed by atoms with Crippen LogP contribution in [0.15, 0.2) is 42.6 Å². The molecule has 0 bridgehead atoms. The zero-order chi connectivity index (χ0) is 9.03. The van der Waals surface area contributed by atoms with Crippen LogP contribution in [0.2, 0.25) is 0 Å². The maximum atomic E-state index is 3.80. The molecule has 3 heteroatoms. The molecule has 0 aliphatic heterocycles. The Morgan fingerprint density at radius 2 is 1.83 bits per heavy atom. The predicted octanol–water partition coefficient (Wildman–Crippen LogP) is 3.73. The van der Waals surface area contributed by atoms with Crippen LogP contribution in [0.25, 0.3) is 0 Å². The molecule has 1 aromatic rings. The van der Waals surface area contributed by atoms with E-state index < -0.39 is 5.31 Å². The molecule has 0 saturated heterocycles. The first-order valence-corrected chi connectivity index (χ1v) is 10.5. The van der Waals surface area contributed by atoms with Crippen LogP contribution in [-0.2, 0) is 6.04 Å². The third kappa shape index (κ3) is 3.25. The molecule has 0 aromatic heterocycles. The van der Waals surface area contributed by atoms with Gasteiger partial charge in [-0.3, -0.25) is 0 Å². The lowest BCUT2D eigenvalue weighted by atomic mass is 10.2. The molecule has 1 rings (SSSR count). The van der Waals surface area contributed by atoms with Crippen molar-refractivity contribution in [1.82, 2.24) is 0 Å². The van der Waals surface area contributed by atoms with Gasteiger partial charge in [0, 0.05) is 0 Å². The van der Waals surface area contributed by atoms with Crippen LogP contribution in [0.5, 0.6) is 0 Å². The molecule has 0 amide bonds. The van der Waals surface area contributed by atoms with Crippen LogP contribution in [-0.4, -0.2) is 5.31 Å². The Morgan fingerprint density at radius 3 is 2.33 bits per heavy atom. The van der Waals surface area contributed by atoms with Crippen LogP contribution in [0, 0.1) is 0 Å². The van der Waals surface area contributed by atoms with Gasteiger partial charge in [0.1, 0.15) is 0 Å². The average Bonchev–Trinajstić information content (AvgIpc) is 2.06. The molecule has 1 aromatic carbocycles. The molecule has 0 heterocycles. The number of halogens is 2. The molecule has 0 N–H and O–H groups in total. The van der Waals surface area contributed by atoms with Gasteiger partial charge in [0.2, 0.25) is 5.31 Å². The molecule has 12 heavy (non-hydrogen) atoms. The number of hydrogen-bond donors (Lipinski definition) is 0. The second-order valence-corrected chi connectivity index (χ2v) is 16.6. The molecule has 0 aliphatic rings. The van der Waals surface area contributed by atoms with E-state index in [0.29, 0.717) is 0 Å². The van der Waals surface area contributed by atoms with E-state index in [1.807, 2.05) is 11.8 Å². The number of rotatable bonds is 3. The van der Waals surface area contributed by atoms with Gasteiger partial charge in [-0.1, -0.05) is 36.0 Å². The molecule has 0 saturated carbocycles. The first kappa shape index (κ1) is 10.2. The molecule has 0 fully saturated rings. The Bertz CT molecular complexity index is 256. The van der Waals surface area contributed by atoms with E-state index >= 15 is 0 Å². The van der Waals surface area contributed by atoms with E-state index in [-0.39, 0.29) is 0 Å². The highest BCUT2D eigenvalue weighted by atomic mass is 79.9. The van der Waals surface area contributed by atoms with E-state index in [1.54, 1.807) is 0 Å². The average molecular weight is 306 g/mol. The fraction of sp³-hybridized carbons (Fsp3) is 0.111. The highest BCUT2D eigenvalue weighted by Gasteiger charge is 2.21. The van der Waals surface area contributed by atoms with Gasteiger partial charge in [-0.05, 0) is 11.6 Å². The van der Waals surface area contributed by atoms with Crippen molar-refractivity contribution in [3.8, 4) is 0 Å². The molecule has 0 spiro atoms. The quantitative estimate of drug-likeness (QED) is 0.590. The number of benzene rings is 1. The normalized spacial score (nSPS) is 11.2. The Hall–Kier alpha value is 0.137. The molecule has 0 radical (unpaired) electrons. The SMILES string of the molecule is C=C[Si](Br)(Br)Cc1ccccc1. The third-order valence-corrected chi connectivity index (χ3v) is 6.68. The zero-order valence-corrected chi connectivity index (χ0v) is 10.8. The highest BCUT2D eigenvalue weighted by molar-refractivity contribution is 9.51. The summed E-state index contributed by atoms with van der Waals surface area (Å²) in [4.78, 5) is 0. The largest absolute Gasteiger partial charge is 0.227 e. The van der Waals surface area contributed by atoms with E-state index in [9.17, 15) is 0 Å². The maximum Gasteiger partial charge on any atom is 0.227 e. The minimum absolute atomic E-state index is 1.04. The van der Waals surface area contributed by atoms with Crippen molar-refractivity contribution in [2.45, 2.75) is 6.04 Å². The lowest BCUT2D eigenvalue weighted by Gasteiger charge is -2.11. The maximum absolute atomic E-state index is 3.80. The second kappa shape index (κ2) is 4.39. The first-order chi connectivity index (χ1) is 5.64. The minimum atomic E-state index is -1.53. The fourth-order valence-electron chi connectivity index (χ4n) is 0.940. The van der Waals surface area contributed by atoms with Gasteiger partial charge < -0.3 is 0 Å². The molecular formula is C9H10Br2Si. The molecule has 0 unspecified atom stereocenters. The molecule has 0 atom stereocenters. The van der Waals surface area contributed by atoms with Gasteiger partial charge in [0.15, 0.2) is 0 Å². The summed E-state index contributed by atoms with van der Waals surface area (Å²) in [5.41, 5.74) is 3.33. The van der Waals surface area contributed by atoms with E-state index in [4.69, 9.17) is 0 Å². The summed E-state index contributed by atoms with van der Waals surface area (Å²) in [5, 5.41) is -1.53. The Labute approximate surface area is 89.9 Å². The van der Waals surface area contributed by atoms with Crippen molar-refractivity contribution in [2.75, 3.05) is 0 Å². The summed E-state index contributed by atoms with van der Waals surface area (Å²) in [6, 6.07) is 11.5. The molecule has 0 nitrogen and oxygen atoms in total. The van der Waals surface area contributed by atoms with E-state index in [1.165, 1.54) is 5.56 Å². The van der Waals surface area contributed by atoms with Crippen LogP contribution < -0.4 is 0 Å². The third-order valence-electron chi connectivity index (χ3n) is 1.58. The van der Waals surface area contributed by atoms with Crippen molar-refractivity contribution in [1.29, 1.82) is 0 Å². The Balaban J connectivity index is 2.70. The Kier molecular flexibility index (Phi) is 3.74. The van der Waals surface area contributed by atoms with Crippen LogP contribution in [0.3, 0.4) is 0 Å². The standard InChI is InChI=1S/C9H10Br2Si/c1-2-12(10,11)8-9-6-4-3-5-7-9/h2-7H,1,8H2. The smallest absolute Gasteiger partial charge is 0.105 e. The van der Waals surface area contributed by atoms with Crippen molar-refractivity contribution < 1.29 is 0 Å². The molecule has 64 valence electrons.